The van der Waals surface area contributed by atoms with Crippen molar-refractivity contribution in [1.29, 1.82) is 0 Å². The van der Waals surface area contributed by atoms with Crippen LogP contribution in [0, 0.1) is 20.8 Å². The van der Waals surface area contributed by atoms with E-state index in [9.17, 15) is 4.79 Å². The van der Waals surface area contributed by atoms with Crippen LogP contribution in [-0.4, -0.2) is 34.4 Å². The first kappa shape index (κ1) is 23.3. The Bertz CT molecular complexity index is 1340. The van der Waals surface area contributed by atoms with Crippen molar-refractivity contribution in [2.45, 2.75) is 33.7 Å². The van der Waals surface area contributed by atoms with Crippen LogP contribution in [0.4, 0.5) is 0 Å². The number of ether oxygens (including phenoxy) is 2. The van der Waals surface area contributed by atoms with Gasteiger partial charge in [-0.3, -0.25) is 4.79 Å². The molecule has 0 radical (unpaired) electrons. The average Bonchev–Trinajstić information content (AvgIpc) is 3.16. The summed E-state index contributed by atoms with van der Waals surface area (Å²) in [7, 11) is 3.50. The van der Waals surface area contributed by atoms with Crippen LogP contribution in [0.2, 0.25) is 0 Å². The highest BCUT2D eigenvalue weighted by atomic mass is 16.5. The summed E-state index contributed by atoms with van der Waals surface area (Å²) in [6, 6.07) is 15.7. The first-order chi connectivity index (χ1) is 16.3. The molecule has 1 atom stereocenters. The third kappa shape index (κ3) is 4.73. The van der Waals surface area contributed by atoms with Gasteiger partial charge in [0.05, 0.1) is 18.5 Å². The fourth-order valence-corrected chi connectivity index (χ4v) is 4.05. The van der Waals surface area contributed by atoms with E-state index < -0.39 is 0 Å². The van der Waals surface area contributed by atoms with Crippen molar-refractivity contribution in [1.82, 2.24) is 20.1 Å². The van der Waals surface area contributed by atoms with Gasteiger partial charge in [0.25, 0.3) is 5.91 Å². The lowest BCUT2D eigenvalue weighted by atomic mass is 9.99. The third-order valence-electron chi connectivity index (χ3n) is 5.96. The molecule has 0 aliphatic rings. The van der Waals surface area contributed by atoms with Crippen molar-refractivity contribution in [2.24, 2.45) is 7.05 Å². The van der Waals surface area contributed by atoms with Gasteiger partial charge in [-0.1, -0.05) is 29.8 Å². The number of carbonyl (C=O) groups is 1. The summed E-state index contributed by atoms with van der Waals surface area (Å²) in [4.78, 5) is 17.1. The van der Waals surface area contributed by atoms with Crippen LogP contribution in [0.5, 0.6) is 11.6 Å². The van der Waals surface area contributed by atoms with E-state index in [1.165, 1.54) is 5.56 Å². The lowest BCUT2D eigenvalue weighted by Gasteiger charge is -2.15. The van der Waals surface area contributed by atoms with Gasteiger partial charge in [0.15, 0.2) is 12.3 Å². The minimum Gasteiger partial charge on any atom is -0.497 e. The zero-order valence-electron chi connectivity index (χ0n) is 20.5. The molecule has 0 spiro atoms. The second-order valence-corrected chi connectivity index (χ2v) is 8.62. The smallest absolute Gasteiger partial charge is 0.258 e. The van der Waals surface area contributed by atoms with Crippen LogP contribution < -0.4 is 14.8 Å². The summed E-state index contributed by atoms with van der Waals surface area (Å²) in [5.41, 5.74) is 7.04. The summed E-state index contributed by atoms with van der Waals surface area (Å²) in [6.07, 6.45) is 0. The molecular formula is C27H30N4O3. The van der Waals surface area contributed by atoms with E-state index in [0.29, 0.717) is 5.88 Å². The molecular weight excluding hydrogens is 428 g/mol. The summed E-state index contributed by atoms with van der Waals surface area (Å²) < 4.78 is 12.7. The number of rotatable bonds is 7. The predicted molar refractivity (Wildman–Crippen MR) is 133 cm³/mol. The van der Waals surface area contributed by atoms with E-state index in [4.69, 9.17) is 14.6 Å². The van der Waals surface area contributed by atoms with Crippen LogP contribution in [0.3, 0.4) is 0 Å². The lowest BCUT2D eigenvalue weighted by molar-refractivity contribution is -0.123. The number of hydrogen-bond donors (Lipinski definition) is 1. The second kappa shape index (κ2) is 9.55. The maximum absolute atomic E-state index is 12.5. The normalized spacial score (nSPS) is 11.9. The van der Waals surface area contributed by atoms with E-state index in [0.717, 1.165) is 44.7 Å². The largest absolute Gasteiger partial charge is 0.497 e. The van der Waals surface area contributed by atoms with Crippen LogP contribution in [0.15, 0.2) is 48.5 Å². The molecule has 34 heavy (non-hydrogen) atoms. The number of methoxy groups -OCH3 is 1. The Morgan fingerprint density at radius 2 is 1.79 bits per heavy atom. The Morgan fingerprint density at radius 1 is 1.06 bits per heavy atom. The molecule has 0 fully saturated rings. The molecule has 4 rings (SSSR count). The first-order valence-corrected chi connectivity index (χ1v) is 11.2. The van der Waals surface area contributed by atoms with Gasteiger partial charge in [0, 0.05) is 18.7 Å². The second-order valence-electron chi connectivity index (χ2n) is 8.62. The number of fused-ring (bicyclic) bond motifs is 1. The molecule has 4 aromatic rings. The fraction of sp³-hybridized carbons (Fsp3) is 0.296. The molecule has 0 saturated heterocycles. The minimum absolute atomic E-state index is 0.125. The Morgan fingerprint density at radius 3 is 2.50 bits per heavy atom. The Labute approximate surface area is 199 Å². The number of hydrogen-bond acceptors (Lipinski definition) is 5. The highest BCUT2D eigenvalue weighted by Crippen LogP contribution is 2.33. The van der Waals surface area contributed by atoms with Gasteiger partial charge in [-0.2, -0.15) is 10.1 Å². The van der Waals surface area contributed by atoms with Gasteiger partial charge in [-0.25, -0.2) is 4.68 Å². The Hall–Kier alpha value is -3.87. The number of pyridine rings is 1. The quantitative estimate of drug-likeness (QED) is 0.429. The fourth-order valence-electron chi connectivity index (χ4n) is 4.05. The molecule has 7 nitrogen and oxygen atoms in total. The first-order valence-electron chi connectivity index (χ1n) is 11.2. The van der Waals surface area contributed by atoms with Crippen LogP contribution in [0.1, 0.15) is 35.2 Å². The summed E-state index contributed by atoms with van der Waals surface area (Å²) >= 11 is 0. The molecule has 1 N–H and O–H groups in total. The molecule has 0 bridgehead atoms. The molecule has 2 heterocycles. The minimum atomic E-state index is -0.219. The maximum atomic E-state index is 12.5. The molecule has 0 aliphatic carbocycles. The number of nitrogens with one attached hydrogen (secondary N) is 1. The Balaban J connectivity index is 1.50. The SMILES string of the molecule is COc1ccc([C@H](C)NC(=O)COc2cc(C)c3c(-c4cc(C)ccc4C)nn(C)c3n2)cc1. The number of nitrogens with zero attached hydrogens (tertiary/aromatic N) is 3. The summed E-state index contributed by atoms with van der Waals surface area (Å²) in [6.45, 7) is 7.98. The number of carbonyl (C=O) groups excluding carboxylic acids is 1. The van der Waals surface area contributed by atoms with E-state index in [-0.39, 0.29) is 18.6 Å². The van der Waals surface area contributed by atoms with Gasteiger partial charge in [-0.05, 0) is 62.6 Å². The summed E-state index contributed by atoms with van der Waals surface area (Å²) in [5, 5.41) is 8.70. The van der Waals surface area contributed by atoms with Gasteiger partial charge in [-0.15, -0.1) is 0 Å². The Kier molecular flexibility index (Phi) is 6.54. The van der Waals surface area contributed by atoms with E-state index in [1.54, 1.807) is 11.8 Å². The molecule has 1 amide bonds. The topological polar surface area (TPSA) is 78.3 Å². The standard InChI is InChI=1S/C27H30N4O3/c1-16-7-8-17(2)22(13-16)26-25-18(3)14-24(29-27(25)31(5)30-26)34-15-23(32)28-19(4)20-9-11-21(33-6)12-10-20/h7-14,19H,15H2,1-6H3,(H,28,32)/t19-/m0/s1. The van der Waals surface area contributed by atoms with Crippen molar-refractivity contribution in [3.05, 3.63) is 70.8 Å². The monoisotopic (exact) mass is 458 g/mol. The zero-order chi connectivity index (χ0) is 24.4. The van der Waals surface area contributed by atoms with Gasteiger partial charge < -0.3 is 14.8 Å². The highest BCUT2D eigenvalue weighted by Gasteiger charge is 2.18. The van der Waals surface area contributed by atoms with Crippen molar-refractivity contribution in [3.8, 4) is 22.9 Å². The molecule has 2 aromatic carbocycles. The third-order valence-corrected chi connectivity index (χ3v) is 5.96. The van der Waals surface area contributed by atoms with Gasteiger partial charge in [0.1, 0.15) is 11.4 Å². The number of aryl methyl sites for hydroxylation is 4. The molecule has 0 aliphatic heterocycles. The molecule has 7 heteroatoms. The van der Waals surface area contributed by atoms with Crippen molar-refractivity contribution < 1.29 is 14.3 Å². The molecule has 0 saturated carbocycles. The molecule has 2 aromatic heterocycles. The molecule has 176 valence electrons. The number of benzene rings is 2. The summed E-state index contributed by atoms with van der Waals surface area (Å²) in [5.74, 6) is 0.954. The van der Waals surface area contributed by atoms with Crippen molar-refractivity contribution in [3.63, 3.8) is 0 Å². The van der Waals surface area contributed by atoms with Crippen molar-refractivity contribution >= 4 is 16.9 Å². The lowest BCUT2D eigenvalue weighted by Crippen LogP contribution is -2.31. The van der Waals surface area contributed by atoms with Gasteiger partial charge in [0.2, 0.25) is 5.88 Å². The number of aromatic nitrogens is 3. The number of amides is 1. The van der Waals surface area contributed by atoms with E-state index >= 15 is 0 Å². The van der Waals surface area contributed by atoms with Crippen LogP contribution >= 0.6 is 0 Å². The van der Waals surface area contributed by atoms with E-state index in [1.807, 2.05) is 51.2 Å². The molecule has 0 unspecified atom stereocenters. The van der Waals surface area contributed by atoms with Crippen LogP contribution in [-0.2, 0) is 11.8 Å². The zero-order valence-corrected chi connectivity index (χ0v) is 20.5. The van der Waals surface area contributed by atoms with Crippen molar-refractivity contribution in [2.75, 3.05) is 13.7 Å². The highest BCUT2D eigenvalue weighted by molar-refractivity contribution is 5.95. The average molecular weight is 459 g/mol. The van der Waals surface area contributed by atoms with E-state index in [2.05, 4.69) is 42.3 Å². The van der Waals surface area contributed by atoms with Crippen LogP contribution in [0.25, 0.3) is 22.3 Å². The van der Waals surface area contributed by atoms with Gasteiger partial charge >= 0.3 is 0 Å². The maximum Gasteiger partial charge on any atom is 0.258 e. The predicted octanol–water partition coefficient (Wildman–Crippen LogP) is 4.83.